The first-order valence-corrected chi connectivity index (χ1v) is 4.23. The van der Waals surface area contributed by atoms with Crippen molar-refractivity contribution in [2.24, 2.45) is 0 Å². The third-order valence-electron chi connectivity index (χ3n) is 1.55. The van der Waals surface area contributed by atoms with Crippen molar-refractivity contribution >= 4 is 0 Å². The van der Waals surface area contributed by atoms with Gasteiger partial charge in [-0.05, 0) is 6.42 Å². The summed E-state index contributed by atoms with van der Waals surface area (Å²) in [6.45, 7) is 4.46. The van der Waals surface area contributed by atoms with E-state index in [0.29, 0.717) is 0 Å². The number of rotatable bonds is 6. The Morgan fingerprint density at radius 3 is 2.33 bits per heavy atom. The lowest BCUT2D eigenvalue weighted by atomic mass is 10.1. The van der Waals surface area contributed by atoms with E-state index in [-0.39, 0.29) is 0 Å². The highest BCUT2D eigenvalue weighted by Gasteiger charge is 1.86. The zero-order valence-electron chi connectivity index (χ0n) is 6.82. The van der Waals surface area contributed by atoms with Crippen LogP contribution in [0.2, 0.25) is 0 Å². The van der Waals surface area contributed by atoms with Crippen LogP contribution in [0, 0.1) is 6.42 Å². The van der Waals surface area contributed by atoms with Crippen molar-refractivity contribution in [3.8, 4) is 0 Å². The van der Waals surface area contributed by atoms with E-state index in [1.54, 1.807) is 0 Å². The van der Waals surface area contributed by atoms with Crippen LogP contribution in [0.1, 0.15) is 52.4 Å². The van der Waals surface area contributed by atoms with Crippen molar-refractivity contribution in [2.45, 2.75) is 52.4 Å². The van der Waals surface area contributed by atoms with Crippen molar-refractivity contribution < 1.29 is 0 Å². The van der Waals surface area contributed by atoms with Crippen LogP contribution < -0.4 is 0 Å². The van der Waals surface area contributed by atoms with Crippen LogP contribution >= 0.6 is 0 Å². The van der Waals surface area contributed by atoms with E-state index in [9.17, 15) is 0 Å². The first kappa shape index (κ1) is 9.00. The summed E-state index contributed by atoms with van der Waals surface area (Å²) in [6, 6.07) is 0. The highest BCUT2D eigenvalue weighted by molar-refractivity contribution is 4.60. The summed E-state index contributed by atoms with van der Waals surface area (Å²) in [5, 5.41) is 0. The molecular formula is C9H19. The highest BCUT2D eigenvalue weighted by Crippen LogP contribution is 2.04. The van der Waals surface area contributed by atoms with E-state index in [4.69, 9.17) is 0 Å². The van der Waals surface area contributed by atoms with Gasteiger partial charge in [-0.3, -0.25) is 0 Å². The molecule has 0 heteroatoms. The van der Waals surface area contributed by atoms with Gasteiger partial charge in [0.15, 0.2) is 0 Å². The van der Waals surface area contributed by atoms with E-state index in [2.05, 4.69) is 20.3 Å². The fourth-order valence-electron chi connectivity index (χ4n) is 0.920. The molecule has 1 radical (unpaired) electrons. The average molecular weight is 127 g/mol. The van der Waals surface area contributed by atoms with Crippen molar-refractivity contribution in [2.75, 3.05) is 0 Å². The Kier molecular flexibility index (Phi) is 8.00. The Labute approximate surface area is 59.7 Å². The molecule has 0 heterocycles. The first-order chi connectivity index (χ1) is 4.41. The fraction of sp³-hybridized carbons (Fsp3) is 0.889. The van der Waals surface area contributed by atoms with Crippen LogP contribution in [0.15, 0.2) is 0 Å². The van der Waals surface area contributed by atoms with Gasteiger partial charge in [-0.1, -0.05) is 52.4 Å². The van der Waals surface area contributed by atoms with Crippen LogP contribution in [0.25, 0.3) is 0 Å². The van der Waals surface area contributed by atoms with Crippen LogP contribution in [0.3, 0.4) is 0 Å². The van der Waals surface area contributed by atoms with Crippen molar-refractivity contribution in [3.05, 3.63) is 6.42 Å². The Balaban J connectivity index is 2.60. The molecule has 0 spiro atoms. The Morgan fingerprint density at radius 1 is 1.00 bits per heavy atom. The Bertz CT molecular complexity index is 33.3. The van der Waals surface area contributed by atoms with Gasteiger partial charge in [0, 0.05) is 0 Å². The van der Waals surface area contributed by atoms with E-state index in [0.717, 1.165) is 0 Å². The fourth-order valence-corrected chi connectivity index (χ4v) is 0.920. The second kappa shape index (κ2) is 8.00. The minimum atomic E-state index is 1.24. The summed E-state index contributed by atoms with van der Waals surface area (Å²) in [4.78, 5) is 0. The van der Waals surface area contributed by atoms with Gasteiger partial charge in [0.05, 0.1) is 0 Å². The number of unbranched alkanes of at least 4 members (excludes halogenated alkanes) is 6. The molecule has 0 fully saturated rings. The molecule has 0 saturated heterocycles. The quantitative estimate of drug-likeness (QED) is 0.478. The third-order valence-corrected chi connectivity index (χ3v) is 1.55. The smallest absolute Gasteiger partial charge is 0.0389 e. The lowest BCUT2D eigenvalue weighted by molar-refractivity contribution is 0.655. The molecule has 0 aliphatic carbocycles. The minimum Gasteiger partial charge on any atom is -0.0654 e. The molecule has 0 aromatic heterocycles. The van der Waals surface area contributed by atoms with Crippen LogP contribution in [0.4, 0.5) is 0 Å². The molecule has 0 aliphatic heterocycles. The zero-order valence-corrected chi connectivity index (χ0v) is 6.82. The lowest BCUT2D eigenvalue weighted by Gasteiger charge is -1.95. The molecule has 0 aromatic carbocycles. The second-order valence-corrected chi connectivity index (χ2v) is 2.55. The van der Waals surface area contributed by atoms with Crippen LogP contribution in [-0.2, 0) is 0 Å². The van der Waals surface area contributed by atoms with Gasteiger partial charge in [-0.15, -0.1) is 0 Å². The Hall–Kier alpha value is 0. The standard InChI is InChI=1S/C9H19/c1-3-5-7-9-8-6-4-2/h5H,3-4,6-9H2,1-2H3. The van der Waals surface area contributed by atoms with Gasteiger partial charge < -0.3 is 0 Å². The van der Waals surface area contributed by atoms with Crippen molar-refractivity contribution in [1.29, 1.82) is 0 Å². The number of hydrogen-bond acceptors (Lipinski definition) is 0. The maximum absolute atomic E-state index is 2.37. The molecule has 0 amide bonds. The maximum atomic E-state index is 2.37. The predicted molar refractivity (Wildman–Crippen MR) is 43.4 cm³/mol. The Morgan fingerprint density at radius 2 is 1.78 bits per heavy atom. The van der Waals surface area contributed by atoms with Gasteiger partial charge in [0.1, 0.15) is 0 Å². The predicted octanol–water partition coefficient (Wildman–Crippen LogP) is 3.57. The minimum absolute atomic E-state index is 1.24. The van der Waals surface area contributed by atoms with Gasteiger partial charge in [0.25, 0.3) is 0 Å². The van der Waals surface area contributed by atoms with E-state index >= 15 is 0 Å². The summed E-state index contributed by atoms with van der Waals surface area (Å²) < 4.78 is 0. The molecule has 0 aliphatic rings. The summed E-state index contributed by atoms with van der Waals surface area (Å²) >= 11 is 0. The zero-order chi connectivity index (χ0) is 6.95. The normalized spacial score (nSPS) is 10.0. The molecule has 55 valence electrons. The van der Waals surface area contributed by atoms with Gasteiger partial charge >= 0.3 is 0 Å². The van der Waals surface area contributed by atoms with Crippen molar-refractivity contribution in [3.63, 3.8) is 0 Å². The summed E-state index contributed by atoms with van der Waals surface area (Å²) in [5.74, 6) is 0. The highest BCUT2D eigenvalue weighted by atomic mass is 13.9. The van der Waals surface area contributed by atoms with Crippen molar-refractivity contribution in [1.82, 2.24) is 0 Å². The topological polar surface area (TPSA) is 0 Å². The molecule has 0 N–H and O–H groups in total. The monoisotopic (exact) mass is 127 g/mol. The molecule has 0 atom stereocenters. The van der Waals surface area contributed by atoms with Crippen LogP contribution in [0.5, 0.6) is 0 Å². The second-order valence-electron chi connectivity index (χ2n) is 2.55. The number of hydrogen-bond donors (Lipinski definition) is 0. The maximum Gasteiger partial charge on any atom is -0.0389 e. The molecule has 0 nitrogen and oxygen atoms in total. The van der Waals surface area contributed by atoms with E-state index in [1.165, 1.54) is 38.5 Å². The summed E-state index contributed by atoms with van der Waals surface area (Å²) in [5.41, 5.74) is 0. The molecule has 0 rings (SSSR count). The molecule has 0 aromatic rings. The van der Waals surface area contributed by atoms with Crippen LogP contribution in [-0.4, -0.2) is 0 Å². The average Bonchev–Trinajstić information content (AvgIpc) is 1.89. The molecular weight excluding hydrogens is 108 g/mol. The molecule has 0 bridgehead atoms. The SMILES string of the molecule is CC[CH]CCCCCC. The summed E-state index contributed by atoms with van der Waals surface area (Å²) in [7, 11) is 0. The first-order valence-electron chi connectivity index (χ1n) is 4.23. The molecule has 0 unspecified atom stereocenters. The van der Waals surface area contributed by atoms with Gasteiger partial charge in [-0.2, -0.15) is 0 Å². The van der Waals surface area contributed by atoms with Gasteiger partial charge in [0.2, 0.25) is 0 Å². The molecule has 0 saturated carbocycles. The van der Waals surface area contributed by atoms with Gasteiger partial charge in [-0.25, -0.2) is 0 Å². The van der Waals surface area contributed by atoms with E-state index < -0.39 is 0 Å². The third kappa shape index (κ3) is 8.00. The largest absolute Gasteiger partial charge is 0.0654 e. The lowest BCUT2D eigenvalue weighted by Crippen LogP contribution is -1.77. The van der Waals surface area contributed by atoms with E-state index in [1.807, 2.05) is 0 Å². The molecule has 9 heavy (non-hydrogen) atoms. The summed E-state index contributed by atoms with van der Waals surface area (Å²) in [6.07, 6.45) is 10.5.